The lowest BCUT2D eigenvalue weighted by atomic mass is 10.5. The monoisotopic (exact) mass is 276 g/mol. The van der Waals surface area contributed by atoms with Crippen LogP contribution in [0.5, 0.6) is 0 Å². The van der Waals surface area contributed by atoms with Gasteiger partial charge in [-0.25, -0.2) is 0 Å². The number of aryl methyl sites for hydroxylation is 2. The van der Waals surface area contributed by atoms with Crippen LogP contribution in [0.1, 0.15) is 5.69 Å². The van der Waals surface area contributed by atoms with Crippen molar-refractivity contribution in [2.45, 2.75) is 17.5 Å². The van der Waals surface area contributed by atoms with Crippen LogP contribution in [-0.4, -0.2) is 24.1 Å². The fourth-order valence-electron chi connectivity index (χ4n) is 0.801. The van der Waals surface area contributed by atoms with Gasteiger partial charge in [0.1, 0.15) is 5.03 Å². The molecule has 16 heavy (non-hydrogen) atoms. The number of hydrogen-bond donors (Lipinski definition) is 1. The Morgan fingerprint density at radius 2 is 2.06 bits per heavy atom. The van der Waals surface area contributed by atoms with Gasteiger partial charge in [0.25, 0.3) is 0 Å². The summed E-state index contributed by atoms with van der Waals surface area (Å²) in [5.41, 5.74) is -3.65. The molecule has 0 saturated carbocycles. The molecule has 0 radical (unpaired) electrons. The molecule has 0 amide bonds. The van der Waals surface area contributed by atoms with Gasteiger partial charge in [0.2, 0.25) is 0 Å². The van der Waals surface area contributed by atoms with E-state index in [0.717, 1.165) is 0 Å². The van der Waals surface area contributed by atoms with E-state index in [1.807, 2.05) is 0 Å². The molecule has 5 nitrogen and oxygen atoms in total. The molecular formula is C6H9F3N3O2S2-. The molecule has 2 N–H and O–H groups in total. The van der Waals surface area contributed by atoms with Crippen molar-refractivity contribution in [3.05, 3.63) is 11.8 Å². The second-order valence-corrected chi connectivity index (χ2v) is 4.16. The Morgan fingerprint density at radius 1 is 1.62 bits per heavy atom. The van der Waals surface area contributed by atoms with Gasteiger partial charge in [-0.15, -0.1) is 0 Å². The third kappa shape index (κ3) is 7.68. The van der Waals surface area contributed by atoms with Gasteiger partial charge in [-0.2, -0.15) is 18.3 Å². The molecular weight excluding hydrogens is 267 g/mol. The molecule has 0 aliphatic rings. The van der Waals surface area contributed by atoms with E-state index in [-0.39, 0.29) is 16.8 Å². The first-order valence-corrected chi connectivity index (χ1v) is 5.67. The Bertz CT molecular complexity index is 362. The van der Waals surface area contributed by atoms with Crippen molar-refractivity contribution in [1.29, 1.82) is 0 Å². The van der Waals surface area contributed by atoms with Crippen molar-refractivity contribution >= 4 is 23.0 Å². The van der Waals surface area contributed by atoms with Crippen LogP contribution >= 0.6 is 11.8 Å². The van der Waals surface area contributed by atoms with E-state index in [2.05, 4.69) is 10.2 Å². The van der Waals surface area contributed by atoms with E-state index < -0.39 is 16.8 Å². The predicted octanol–water partition coefficient (Wildman–Crippen LogP) is 1.08. The highest BCUT2D eigenvalue weighted by Crippen LogP contribution is 2.36. The molecule has 0 saturated heterocycles. The molecule has 0 aliphatic carbocycles. The van der Waals surface area contributed by atoms with E-state index in [0.29, 0.717) is 5.69 Å². The summed E-state index contributed by atoms with van der Waals surface area (Å²) in [5.74, 6) is 0. The van der Waals surface area contributed by atoms with Crippen molar-refractivity contribution in [3.8, 4) is 0 Å². The lowest BCUT2D eigenvalue weighted by molar-refractivity contribution is -0.0330. The zero-order valence-corrected chi connectivity index (χ0v) is 9.95. The van der Waals surface area contributed by atoms with Crippen LogP contribution in [0.15, 0.2) is 11.1 Å². The Labute approximate surface area is 96.6 Å². The van der Waals surface area contributed by atoms with Crippen LogP contribution in [0, 0.1) is 6.92 Å². The second-order valence-electron chi connectivity index (χ2n) is 2.56. The lowest BCUT2D eigenvalue weighted by Gasteiger charge is -2.04. The van der Waals surface area contributed by atoms with Gasteiger partial charge >= 0.3 is 5.51 Å². The van der Waals surface area contributed by atoms with Crippen LogP contribution in [0.2, 0.25) is 0 Å². The van der Waals surface area contributed by atoms with Crippen molar-refractivity contribution in [3.63, 3.8) is 0 Å². The molecule has 94 valence electrons. The SMILES string of the molecule is Cc1cc(SC(F)(F)F)n(C)n1.NS(=O)[O-]. The third-order valence-electron chi connectivity index (χ3n) is 1.18. The normalized spacial score (nSPS) is 12.9. The summed E-state index contributed by atoms with van der Waals surface area (Å²) in [5, 5.41) is 7.93. The smallest absolute Gasteiger partial charge is 0.447 e. The highest BCUT2D eigenvalue weighted by atomic mass is 32.2. The number of halogens is 3. The largest absolute Gasteiger partial charge is 0.760 e. The fourth-order valence-corrected chi connectivity index (χ4v) is 1.44. The van der Waals surface area contributed by atoms with E-state index >= 15 is 0 Å². The fraction of sp³-hybridized carbons (Fsp3) is 0.500. The van der Waals surface area contributed by atoms with Gasteiger partial charge in [-0.05, 0) is 13.0 Å². The van der Waals surface area contributed by atoms with Gasteiger partial charge in [0.05, 0.1) is 5.69 Å². The molecule has 1 heterocycles. The average molecular weight is 276 g/mol. The quantitative estimate of drug-likeness (QED) is 0.614. The minimum absolute atomic E-state index is 0.111. The number of alkyl halides is 3. The van der Waals surface area contributed by atoms with Gasteiger partial charge in [0.15, 0.2) is 0 Å². The molecule has 0 aromatic carbocycles. The standard InChI is InChI=1S/C6H7F3N2S.H3NO2S/c1-4-3-5(11(2)10-4)12-6(7,8)9;1-4(2)3/h3H,1-2H3;1H2,(H,2,3)/p-1. The Balaban J connectivity index is 0.000000487. The zero-order chi connectivity index (χ0) is 12.9. The highest BCUT2D eigenvalue weighted by molar-refractivity contribution is 8.00. The van der Waals surface area contributed by atoms with Crippen molar-refractivity contribution in [1.82, 2.24) is 9.78 Å². The van der Waals surface area contributed by atoms with Crippen molar-refractivity contribution in [2.75, 3.05) is 0 Å². The minimum atomic E-state index is -4.24. The van der Waals surface area contributed by atoms with Gasteiger partial charge in [0, 0.05) is 30.1 Å². The first-order chi connectivity index (χ1) is 7.11. The van der Waals surface area contributed by atoms with Crippen LogP contribution in [-0.2, 0) is 18.3 Å². The maximum Gasteiger partial charge on any atom is 0.447 e. The zero-order valence-electron chi connectivity index (χ0n) is 8.32. The summed E-state index contributed by atoms with van der Waals surface area (Å²) >= 11 is -2.51. The maximum absolute atomic E-state index is 11.9. The Hall–Kier alpha value is -0.580. The molecule has 0 spiro atoms. The first-order valence-electron chi connectivity index (χ1n) is 3.72. The Kier molecular flexibility index (Phi) is 6.00. The summed E-state index contributed by atoms with van der Waals surface area (Å²) in [4.78, 5) is 0. The highest BCUT2D eigenvalue weighted by Gasteiger charge is 2.30. The second kappa shape index (κ2) is 6.23. The summed E-state index contributed by atoms with van der Waals surface area (Å²) in [6, 6.07) is 1.40. The predicted molar refractivity (Wildman–Crippen MR) is 53.0 cm³/mol. The number of hydrogen-bond acceptors (Lipinski definition) is 4. The molecule has 1 rings (SSSR count). The molecule has 1 atom stereocenters. The van der Waals surface area contributed by atoms with E-state index in [1.54, 1.807) is 6.92 Å². The Morgan fingerprint density at radius 3 is 2.31 bits per heavy atom. The van der Waals surface area contributed by atoms with E-state index in [1.165, 1.54) is 17.8 Å². The number of nitrogens with zero attached hydrogens (tertiary/aromatic N) is 2. The topological polar surface area (TPSA) is 84.0 Å². The summed E-state index contributed by atoms with van der Waals surface area (Å²) in [6.07, 6.45) is 0. The lowest BCUT2D eigenvalue weighted by Crippen LogP contribution is -2.02. The molecule has 0 fully saturated rings. The maximum atomic E-state index is 11.9. The molecule has 0 bridgehead atoms. The molecule has 1 unspecified atom stereocenters. The van der Waals surface area contributed by atoms with Crippen LogP contribution < -0.4 is 5.14 Å². The summed E-state index contributed by atoms with van der Waals surface area (Å²) in [6.45, 7) is 1.65. The van der Waals surface area contributed by atoms with Crippen LogP contribution in [0.4, 0.5) is 13.2 Å². The molecule has 1 aromatic heterocycles. The van der Waals surface area contributed by atoms with Gasteiger partial charge in [-0.3, -0.25) is 14.0 Å². The average Bonchev–Trinajstić information content (AvgIpc) is 2.24. The van der Waals surface area contributed by atoms with Gasteiger partial charge < -0.3 is 4.55 Å². The van der Waals surface area contributed by atoms with Crippen LogP contribution in [0.25, 0.3) is 0 Å². The number of rotatable bonds is 1. The van der Waals surface area contributed by atoms with E-state index in [9.17, 15) is 13.2 Å². The van der Waals surface area contributed by atoms with E-state index in [4.69, 9.17) is 8.76 Å². The molecule has 10 heteroatoms. The number of aromatic nitrogens is 2. The van der Waals surface area contributed by atoms with Crippen LogP contribution in [0.3, 0.4) is 0 Å². The third-order valence-corrected chi connectivity index (χ3v) is 2.00. The summed E-state index contributed by atoms with van der Waals surface area (Å²) in [7, 11) is 1.49. The van der Waals surface area contributed by atoms with Gasteiger partial charge in [-0.1, -0.05) is 0 Å². The molecule has 0 aliphatic heterocycles. The number of nitrogens with two attached hydrogens (primary N) is 1. The molecule has 1 aromatic rings. The van der Waals surface area contributed by atoms with Crippen molar-refractivity contribution in [2.24, 2.45) is 12.2 Å². The summed E-state index contributed by atoms with van der Waals surface area (Å²) < 4.78 is 54.3. The van der Waals surface area contributed by atoms with Crippen molar-refractivity contribution < 1.29 is 21.9 Å². The number of thioether (sulfide) groups is 1. The first kappa shape index (κ1) is 15.4. The minimum Gasteiger partial charge on any atom is -0.760 e.